The molecule has 1 aromatic heterocycles. The van der Waals surface area contributed by atoms with Gasteiger partial charge in [-0.25, -0.2) is 0 Å². The number of hydrogen-bond donors (Lipinski definition) is 2. The van der Waals surface area contributed by atoms with Crippen molar-refractivity contribution in [3.8, 4) is 5.75 Å². The summed E-state index contributed by atoms with van der Waals surface area (Å²) in [6.45, 7) is 4.88. The summed E-state index contributed by atoms with van der Waals surface area (Å²) in [5.74, 6) is 1.16. The maximum Gasteiger partial charge on any atom is 0.132 e. The van der Waals surface area contributed by atoms with E-state index in [1.807, 2.05) is 30.8 Å². The van der Waals surface area contributed by atoms with Crippen molar-refractivity contribution in [3.05, 3.63) is 22.3 Å². The minimum absolute atomic E-state index is 0.0340. The first-order chi connectivity index (χ1) is 9.95. The zero-order chi connectivity index (χ0) is 15.1. The van der Waals surface area contributed by atoms with Crippen molar-refractivity contribution in [3.63, 3.8) is 0 Å². The van der Waals surface area contributed by atoms with Crippen molar-refractivity contribution >= 4 is 26.8 Å². The number of aromatic nitrogens is 2. The average molecular weight is 354 g/mol. The number of aliphatic hydroxyl groups is 1. The molecular formula is C15H20BrN3O2. The number of nitrogens with one attached hydrogen (secondary N) is 1. The first-order valence-corrected chi connectivity index (χ1v) is 7.96. The van der Waals surface area contributed by atoms with Crippen LogP contribution in [0.2, 0.25) is 0 Å². The molecule has 21 heavy (non-hydrogen) atoms. The standard InChI is InChI=1S/C15H20BrN3O2/c1-8-15-12(18-19(8)3)5-11(16)6-13(15)21-9(2)10-4-14(20)17-7-10/h5-6,9-10,14,17,20H,4,7H2,1-3H3/t9-,10-,14?/m1/s1. The SMILES string of the molecule is Cc1c2c(O[C@H](C)[C@H]3CNC(O)C3)cc(Br)cc2nn1C. The van der Waals surface area contributed by atoms with Crippen LogP contribution in [0.1, 0.15) is 19.0 Å². The first kappa shape index (κ1) is 14.8. The van der Waals surface area contributed by atoms with E-state index in [0.29, 0.717) is 5.92 Å². The molecule has 3 atom stereocenters. The molecule has 1 fully saturated rings. The smallest absolute Gasteiger partial charge is 0.132 e. The van der Waals surface area contributed by atoms with Crippen molar-refractivity contribution in [1.82, 2.24) is 15.1 Å². The first-order valence-electron chi connectivity index (χ1n) is 7.16. The number of ether oxygens (including phenoxy) is 1. The zero-order valence-corrected chi connectivity index (χ0v) is 14.0. The van der Waals surface area contributed by atoms with Gasteiger partial charge in [-0.05, 0) is 32.4 Å². The number of fused-ring (bicyclic) bond motifs is 1. The molecule has 114 valence electrons. The summed E-state index contributed by atoms with van der Waals surface area (Å²) in [6, 6.07) is 3.99. The van der Waals surface area contributed by atoms with E-state index in [2.05, 4.69) is 33.3 Å². The van der Waals surface area contributed by atoms with Gasteiger partial charge in [-0.15, -0.1) is 0 Å². The predicted octanol–water partition coefficient (Wildman–Crippen LogP) is 2.34. The Hall–Kier alpha value is -1.11. The lowest BCUT2D eigenvalue weighted by Crippen LogP contribution is -2.25. The van der Waals surface area contributed by atoms with Gasteiger partial charge in [0.1, 0.15) is 18.1 Å². The highest BCUT2D eigenvalue weighted by atomic mass is 79.9. The van der Waals surface area contributed by atoms with Crippen molar-refractivity contribution in [2.45, 2.75) is 32.6 Å². The van der Waals surface area contributed by atoms with E-state index in [9.17, 15) is 5.11 Å². The molecular weight excluding hydrogens is 334 g/mol. The molecule has 2 N–H and O–H groups in total. The third-order valence-electron chi connectivity index (χ3n) is 4.27. The molecule has 0 bridgehead atoms. The largest absolute Gasteiger partial charge is 0.490 e. The Morgan fingerprint density at radius 2 is 2.29 bits per heavy atom. The van der Waals surface area contributed by atoms with Crippen LogP contribution in [0.15, 0.2) is 16.6 Å². The van der Waals surface area contributed by atoms with Crippen LogP contribution in [-0.4, -0.2) is 33.8 Å². The summed E-state index contributed by atoms with van der Waals surface area (Å²) < 4.78 is 9.03. The molecule has 6 heteroatoms. The highest BCUT2D eigenvalue weighted by Crippen LogP contribution is 2.34. The molecule has 0 amide bonds. The Labute approximate surface area is 132 Å². The van der Waals surface area contributed by atoms with Crippen LogP contribution in [0.5, 0.6) is 5.75 Å². The maximum absolute atomic E-state index is 9.59. The molecule has 5 nitrogen and oxygen atoms in total. The Balaban J connectivity index is 1.92. The number of hydrogen-bond acceptors (Lipinski definition) is 4. The van der Waals surface area contributed by atoms with Crippen LogP contribution >= 0.6 is 15.9 Å². The van der Waals surface area contributed by atoms with E-state index in [1.54, 1.807) is 0 Å². The summed E-state index contributed by atoms with van der Waals surface area (Å²) in [5.41, 5.74) is 2.01. The molecule has 1 aromatic carbocycles. The molecule has 1 saturated heterocycles. The van der Waals surface area contributed by atoms with Crippen LogP contribution in [0.4, 0.5) is 0 Å². The Kier molecular flexibility index (Phi) is 3.94. The molecule has 0 aliphatic carbocycles. The molecule has 0 radical (unpaired) electrons. The molecule has 2 aromatic rings. The maximum atomic E-state index is 9.59. The van der Waals surface area contributed by atoms with Gasteiger partial charge in [-0.3, -0.25) is 10.00 Å². The van der Waals surface area contributed by atoms with E-state index in [0.717, 1.165) is 39.8 Å². The van der Waals surface area contributed by atoms with Gasteiger partial charge < -0.3 is 9.84 Å². The molecule has 2 heterocycles. The fraction of sp³-hybridized carbons (Fsp3) is 0.533. The van der Waals surface area contributed by atoms with Gasteiger partial charge in [0.2, 0.25) is 0 Å². The van der Waals surface area contributed by atoms with E-state index in [1.165, 1.54) is 0 Å². The van der Waals surface area contributed by atoms with Gasteiger partial charge in [0.25, 0.3) is 0 Å². The lowest BCUT2D eigenvalue weighted by atomic mass is 10.0. The van der Waals surface area contributed by atoms with E-state index in [4.69, 9.17) is 4.74 Å². The lowest BCUT2D eigenvalue weighted by Gasteiger charge is -2.21. The van der Waals surface area contributed by atoms with Crippen LogP contribution < -0.4 is 10.1 Å². The van der Waals surface area contributed by atoms with Gasteiger partial charge in [0.15, 0.2) is 0 Å². The summed E-state index contributed by atoms with van der Waals surface area (Å²) >= 11 is 3.52. The second kappa shape index (κ2) is 5.59. The quantitative estimate of drug-likeness (QED) is 0.888. The molecule has 0 spiro atoms. The number of benzene rings is 1. The van der Waals surface area contributed by atoms with E-state index >= 15 is 0 Å². The number of halogens is 1. The zero-order valence-electron chi connectivity index (χ0n) is 12.4. The van der Waals surface area contributed by atoms with E-state index in [-0.39, 0.29) is 6.10 Å². The molecule has 1 aliphatic rings. The van der Waals surface area contributed by atoms with Crippen molar-refractivity contribution < 1.29 is 9.84 Å². The minimum Gasteiger partial charge on any atom is -0.490 e. The highest BCUT2D eigenvalue weighted by Gasteiger charge is 2.28. The Morgan fingerprint density at radius 1 is 1.52 bits per heavy atom. The van der Waals surface area contributed by atoms with Gasteiger partial charge in [0.05, 0.1) is 10.9 Å². The van der Waals surface area contributed by atoms with E-state index < -0.39 is 6.23 Å². The van der Waals surface area contributed by atoms with Gasteiger partial charge in [0, 0.05) is 29.7 Å². The normalized spacial score (nSPS) is 23.7. The number of aryl methyl sites for hydroxylation is 2. The van der Waals surface area contributed by atoms with Crippen LogP contribution in [0.3, 0.4) is 0 Å². The van der Waals surface area contributed by atoms with Crippen LogP contribution in [0, 0.1) is 12.8 Å². The van der Waals surface area contributed by atoms with Crippen molar-refractivity contribution in [1.29, 1.82) is 0 Å². The third-order valence-corrected chi connectivity index (χ3v) is 4.73. The molecule has 1 unspecified atom stereocenters. The van der Waals surface area contributed by atoms with Gasteiger partial charge in [-0.1, -0.05) is 15.9 Å². The van der Waals surface area contributed by atoms with Crippen molar-refractivity contribution in [2.24, 2.45) is 13.0 Å². The second-order valence-electron chi connectivity index (χ2n) is 5.75. The summed E-state index contributed by atoms with van der Waals surface area (Å²) in [7, 11) is 1.94. The summed E-state index contributed by atoms with van der Waals surface area (Å²) in [4.78, 5) is 0. The Morgan fingerprint density at radius 3 is 2.95 bits per heavy atom. The lowest BCUT2D eigenvalue weighted by molar-refractivity contribution is 0.128. The second-order valence-corrected chi connectivity index (χ2v) is 6.67. The predicted molar refractivity (Wildman–Crippen MR) is 85.4 cm³/mol. The topological polar surface area (TPSA) is 59.3 Å². The third kappa shape index (κ3) is 2.80. The fourth-order valence-corrected chi connectivity index (χ4v) is 3.32. The van der Waals surface area contributed by atoms with Crippen LogP contribution in [-0.2, 0) is 7.05 Å². The molecule has 3 rings (SSSR count). The molecule has 0 saturated carbocycles. The highest BCUT2D eigenvalue weighted by molar-refractivity contribution is 9.10. The van der Waals surface area contributed by atoms with Gasteiger partial charge >= 0.3 is 0 Å². The number of aliphatic hydroxyl groups excluding tert-OH is 1. The molecule has 1 aliphatic heterocycles. The monoisotopic (exact) mass is 353 g/mol. The number of rotatable bonds is 3. The minimum atomic E-state index is -0.413. The van der Waals surface area contributed by atoms with Crippen LogP contribution in [0.25, 0.3) is 10.9 Å². The summed E-state index contributed by atoms with van der Waals surface area (Å²) in [5, 5.41) is 18.2. The van der Waals surface area contributed by atoms with Crippen molar-refractivity contribution in [2.75, 3.05) is 6.54 Å². The van der Waals surface area contributed by atoms with Gasteiger partial charge in [-0.2, -0.15) is 5.10 Å². The Bertz CT molecular complexity index is 670. The number of nitrogens with zero attached hydrogens (tertiary/aromatic N) is 2. The summed E-state index contributed by atoms with van der Waals surface area (Å²) in [6.07, 6.45) is 0.347. The fourth-order valence-electron chi connectivity index (χ4n) is 2.90. The average Bonchev–Trinajstić information content (AvgIpc) is 2.95.